The molecule has 2 aromatic rings. The lowest BCUT2D eigenvalue weighted by Crippen LogP contribution is -2.26. The first-order valence-corrected chi connectivity index (χ1v) is 7.12. The summed E-state index contributed by atoms with van der Waals surface area (Å²) in [5, 5.41) is 7.24. The zero-order valence-electron chi connectivity index (χ0n) is 11.4. The lowest BCUT2D eigenvalue weighted by atomic mass is 10.3. The summed E-state index contributed by atoms with van der Waals surface area (Å²) in [6.45, 7) is 5.32. The topological polar surface area (TPSA) is 72.7 Å². The lowest BCUT2D eigenvalue weighted by Gasteiger charge is -2.06. The third kappa shape index (κ3) is 3.41. The molecule has 0 bridgehead atoms. The van der Waals surface area contributed by atoms with Gasteiger partial charge in [-0.2, -0.15) is 5.10 Å². The van der Waals surface area contributed by atoms with Crippen molar-refractivity contribution in [1.82, 2.24) is 25.1 Å². The van der Waals surface area contributed by atoms with Gasteiger partial charge in [0.05, 0.1) is 16.4 Å². The van der Waals surface area contributed by atoms with Crippen LogP contribution in [0.2, 0.25) is 0 Å². The van der Waals surface area contributed by atoms with Crippen molar-refractivity contribution in [3.05, 3.63) is 40.1 Å². The van der Waals surface area contributed by atoms with Crippen molar-refractivity contribution in [2.45, 2.75) is 26.8 Å². The van der Waals surface area contributed by atoms with Crippen molar-refractivity contribution in [3.8, 4) is 0 Å². The fourth-order valence-corrected chi connectivity index (χ4v) is 2.11. The number of carbonyl (C=O) groups excluding carboxylic acids is 1. The van der Waals surface area contributed by atoms with Gasteiger partial charge >= 0.3 is 0 Å². The Bertz CT molecular complexity index is 596. The maximum atomic E-state index is 11.7. The molecule has 20 heavy (non-hydrogen) atoms. The third-order valence-corrected chi connectivity index (χ3v) is 4.07. The van der Waals surface area contributed by atoms with E-state index in [-0.39, 0.29) is 5.91 Å². The Balaban J connectivity index is 1.79. The molecule has 6 nitrogen and oxygen atoms in total. The molecule has 0 aliphatic carbocycles. The summed E-state index contributed by atoms with van der Waals surface area (Å²) in [4.78, 5) is 19.5. The largest absolute Gasteiger partial charge is 0.351 e. The van der Waals surface area contributed by atoms with E-state index in [2.05, 4.69) is 36.3 Å². The molecule has 0 saturated carbocycles. The second-order valence-corrected chi connectivity index (χ2v) is 5.20. The minimum absolute atomic E-state index is 0.201. The molecular weight excluding hydrogens is 322 g/mol. The molecule has 1 amide bonds. The van der Waals surface area contributed by atoms with Gasteiger partial charge in [-0.25, -0.2) is 4.98 Å². The molecule has 2 aromatic heterocycles. The van der Waals surface area contributed by atoms with E-state index in [1.165, 1.54) is 18.6 Å². The quantitative estimate of drug-likeness (QED) is 0.845. The third-order valence-electron chi connectivity index (χ3n) is 2.92. The van der Waals surface area contributed by atoms with E-state index in [1.807, 2.05) is 18.5 Å². The summed E-state index contributed by atoms with van der Waals surface area (Å²) in [6, 6.07) is 0. The van der Waals surface area contributed by atoms with Crippen LogP contribution < -0.4 is 5.32 Å². The van der Waals surface area contributed by atoms with Crippen LogP contribution in [0.3, 0.4) is 0 Å². The normalized spacial score (nSPS) is 10.6. The lowest BCUT2D eigenvalue weighted by molar-refractivity contribution is 0.0947. The first-order valence-electron chi connectivity index (χ1n) is 6.33. The highest BCUT2D eigenvalue weighted by Gasteiger charge is 2.09. The maximum absolute atomic E-state index is 11.7. The van der Waals surface area contributed by atoms with Gasteiger partial charge in [0.25, 0.3) is 5.91 Å². The van der Waals surface area contributed by atoms with E-state index >= 15 is 0 Å². The molecular formula is C13H16BrN5O. The maximum Gasteiger partial charge on any atom is 0.271 e. The van der Waals surface area contributed by atoms with Gasteiger partial charge in [0.15, 0.2) is 0 Å². The van der Waals surface area contributed by atoms with Gasteiger partial charge in [-0.15, -0.1) is 0 Å². The number of nitrogens with one attached hydrogen (secondary N) is 1. The average Bonchev–Trinajstić information content (AvgIpc) is 2.71. The molecule has 106 valence electrons. The molecule has 0 unspecified atom stereocenters. The SMILES string of the molecule is Cc1nn(CCCNC(=O)c2cnccn2)c(C)c1Br. The zero-order valence-corrected chi connectivity index (χ0v) is 13.0. The van der Waals surface area contributed by atoms with Crippen LogP contribution in [0.15, 0.2) is 23.1 Å². The van der Waals surface area contributed by atoms with Crippen LogP contribution in [-0.4, -0.2) is 32.2 Å². The van der Waals surface area contributed by atoms with Crippen LogP contribution in [0.25, 0.3) is 0 Å². The molecule has 7 heteroatoms. The Morgan fingerprint density at radius 2 is 2.20 bits per heavy atom. The van der Waals surface area contributed by atoms with Crippen LogP contribution >= 0.6 is 15.9 Å². The zero-order chi connectivity index (χ0) is 14.5. The van der Waals surface area contributed by atoms with Gasteiger partial charge in [-0.3, -0.25) is 14.5 Å². The Kier molecular flexibility index (Phi) is 4.84. The first kappa shape index (κ1) is 14.6. The number of halogens is 1. The molecule has 0 atom stereocenters. The number of carbonyl (C=O) groups is 1. The molecule has 2 heterocycles. The monoisotopic (exact) mass is 337 g/mol. The standard InChI is InChI=1S/C13H16BrN5O/c1-9-12(14)10(2)19(18-9)7-3-4-17-13(20)11-8-15-5-6-16-11/h5-6,8H,3-4,7H2,1-2H3,(H,17,20). The number of aryl methyl sites for hydroxylation is 2. The summed E-state index contributed by atoms with van der Waals surface area (Å²) in [6.07, 6.45) is 5.30. The molecule has 0 aliphatic heterocycles. The molecule has 0 saturated heterocycles. The highest BCUT2D eigenvalue weighted by atomic mass is 79.9. The number of amides is 1. The Labute approximate surface area is 125 Å². The van der Waals surface area contributed by atoms with E-state index in [0.29, 0.717) is 12.2 Å². The van der Waals surface area contributed by atoms with Gasteiger partial charge in [0.2, 0.25) is 0 Å². The smallest absolute Gasteiger partial charge is 0.271 e. The van der Waals surface area contributed by atoms with Gasteiger partial charge in [0, 0.05) is 31.2 Å². The highest BCUT2D eigenvalue weighted by molar-refractivity contribution is 9.10. The average molecular weight is 338 g/mol. The molecule has 2 rings (SSSR count). The minimum Gasteiger partial charge on any atom is -0.351 e. The first-order chi connectivity index (χ1) is 9.59. The summed E-state index contributed by atoms with van der Waals surface area (Å²) >= 11 is 3.49. The molecule has 1 N–H and O–H groups in total. The highest BCUT2D eigenvalue weighted by Crippen LogP contribution is 2.19. The number of rotatable bonds is 5. The predicted molar refractivity (Wildman–Crippen MR) is 78.4 cm³/mol. The van der Waals surface area contributed by atoms with Crippen molar-refractivity contribution in [1.29, 1.82) is 0 Å². The molecule has 0 fully saturated rings. The second kappa shape index (κ2) is 6.60. The van der Waals surface area contributed by atoms with Crippen molar-refractivity contribution < 1.29 is 4.79 Å². The van der Waals surface area contributed by atoms with Crippen molar-refractivity contribution in [2.75, 3.05) is 6.54 Å². The Hall–Kier alpha value is -1.76. The summed E-state index contributed by atoms with van der Waals surface area (Å²) in [7, 11) is 0. The van der Waals surface area contributed by atoms with Crippen LogP contribution in [0.1, 0.15) is 28.3 Å². The van der Waals surface area contributed by atoms with Crippen LogP contribution in [0.4, 0.5) is 0 Å². The van der Waals surface area contributed by atoms with Gasteiger partial charge in [-0.1, -0.05) is 0 Å². The van der Waals surface area contributed by atoms with Crippen molar-refractivity contribution in [2.24, 2.45) is 0 Å². The van der Waals surface area contributed by atoms with E-state index < -0.39 is 0 Å². The summed E-state index contributed by atoms with van der Waals surface area (Å²) in [5.41, 5.74) is 2.41. The van der Waals surface area contributed by atoms with E-state index in [9.17, 15) is 4.79 Å². The molecule has 0 spiro atoms. The molecule has 0 aliphatic rings. The minimum atomic E-state index is -0.201. The van der Waals surface area contributed by atoms with Crippen LogP contribution in [-0.2, 0) is 6.54 Å². The number of hydrogen-bond donors (Lipinski definition) is 1. The molecule has 0 radical (unpaired) electrons. The van der Waals surface area contributed by atoms with E-state index in [0.717, 1.165) is 28.8 Å². The summed E-state index contributed by atoms with van der Waals surface area (Å²) in [5.74, 6) is -0.201. The van der Waals surface area contributed by atoms with E-state index in [1.54, 1.807) is 0 Å². The number of hydrogen-bond acceptors (Lipinski definition) is 4. The Morgan fingerprint density at radius 1 is 1.40 bits per heavy atom. The number of nitrogens with zero attached hydrogens (tertiary/aromatic N) is 4. The van der Waals surface area contributed by atoms with Crippen molar-refractivity contribution in [3.63, 3.8) is 0 Å². The van der Waals surface area contributed by atoms with E-state index in [4.69, 9.17) is 0 Å². The van der Waals surface area contributed by atoms with Crippen LogP contribution in [0, 0.1) is 13.8 Å². The second-order valence-electron chi connectivity index (χ2n) is 4.41. The van der Waals surface area contributed by atoms with Crippen LogP contribution in [0.5, 0.6) is 0 Å². The van der Waals surface area contributed by atoms with Gasteiger partial charge in [0.1, 0.15) is 5.69 Å². The van der Waals surface area contributed by atoms with Gasteiger partial charge in [-0.05, 0) is 36.2 Å². The van der Waals surface area contributed by atoms with Crippen molar-refractivity contribution >= 4 is 21.8 Å². The fourth-order valence-electron chi connectivity index (χ4n) is 1.83. The number of aromatic nitrogens is 4. The molecule has 0 aromatic carbocycles. The Morgan fingerprint density at radius 3 is 2.80 bits per heavy atom. The van der Waals surface area contributed by atoms with Gasteiger partial charge < -0.3 is 5.32 Å². The fraction of sp³-hybridized carbons (Fsp3) is 0.385. The predicted octanol–water partition coefficient (Wildman–Crippen LogP) is 1.87. The summed E-state index contributed by atoms with van der Waals surface area (Å²) < 4.78 is 2.98.